The third-order valence-electron chi connectivity index (χ3n) is 5.92. The van der Waals surface area contributed by atoms with Crippen LogP contribution in [0.25, 0.3) is 0 Å². The molecule has 2 fully saturated rings. The summed E-state index contributed by atoms with van der Waals surface area (Å²) in [4.78, 5) is 35.0. The van der Waals surface area contributed by atoms with Gasteiger partial charge in [0.25, 0.3) is 0 Å². The lowest BCUT2D eigenvalue weighted by Crippen LogP contribution is -2.24. The fourth-order valence-corrected chi connectivity index (χ4v) is 4.50. The van der Waals surface area contributed by atoms with Gasteiger partial charge >= 0.3 is 11.9 Å². The third-order valence-corrected chi connectivity index (χ3v) is 5.92. The van der Waals surface area contributed by atoms with Crippen molar-refractivity contribution in [1.82, 2.24) is 0 Å². The van der Waals surface area contributed by atoms with Crippen molar-refractivity contribution in [3.63, 3.8) is 0 Å². The van der Waals surface area contributed by atoms with E-state index in [0.29, 0.717) is 19.3 Å². The molecule has 0 aromatic heterocycles. The van der Waals surface area contributed by atoms with E-state index >= 15 is 0 Å². The Hall–Kier alpha value is -1.95. The molecule has 0 aromatic rings. The van der Waals surface area contributed by atoms with Crippen LogP contribution >= 0.6 is 0 Å². The molecule has 168 valence electrons. The maximum absolute atomic E-state index is 12.2. The zero-order chi connectivity index (χ0) is 22.1. The fourth-order valence-electron chi connectivity index (χ4n) is 4.50. The molecule has 1 saturated heterocycles. The van der Waals surface area contributed by atoms with Crippen molar-refractivity contribution in [2.45, 2.75) is 90.4 Å². The Morgan fingerprint density at radius 2 is 1.83 bits per heavy atom. The summed E-state index contributed by atoms with van der Waals surface area (Å²) >= 11 is 0. The Kier molecular flexibility index (Phi) is 9.76. The van der Waals surface area contributed by atoms with Crippen molar-refractivity contribution in [3.05, 3.63) is 23.8 Å². The lowest BCUT2D eigenvalue weighted by molar-refractivity contribution is -0.148. The number of allylic oxidation sites excluding steroid dienone is 3. The first-order chi connectivity index (χ1) is 14.3. The van der Waals surface area contributed by atoms with Crippen LogP contribution in [0.15, 0.2) is 23.8 Å². The van der Waals surface area contributed by atoms with Gasteiger partial charge in [0.1, 0.15) is 6.10 Å². The molecule has 0 aromatic carbocycles. The minimum atomic E-state index is -0.299. The summed E-state index contributed by atoms with van der Waals surface area (Å²) in [5.41, 5.74) is 1.21. The van der Waals surface area contributed by atoms with Gasteiger partial charge in [0, 0.05) is 32.1 Å². The average Bonchev–Trinajstić information content (AvgIpc) is 3.19. The fraction of sp³-hybridized carbons (Fsp3) is 0.708. The summed E-state index contributed by atoms with van der Waals surface area (Å²) in [5.74, 6) is -0.125. The molecule has 0 unspecified atom stereocenters. The van der Waals surface area contributed by atoms with E-state index in [1.807, 2.05) is 19.9 Å². The molecule has 1 aliphatic heterocycles. The molecule has 30 heavy (non-hydrogen) atoms. The molecule has 5 atom stereocenters. The summed E-state index contributed by atoms with van der Waals surface area (Å²) in [6, 6.07) is 0. The van der Waals surface area contributed by atoms with Gasteiger partial charge in [0.2, 0.25) is 0 Å². The van der Waals surface area contributed by atoms with Crippen LogP contribution in [0, 0.1) is 11.8 Å². The van der Waals surface area contributed by atoms with Crippen LogP contribution in [0.1, 0.15) is 72.1 Å². The molecule has 6 heteroatoms. The molecule has 1 aliphatic carbocycles. The van der Waals surface area contributed by atoms with E-state index in [4.69, 9.17) is 9.47 Å². The van der Waals surface area contributed by atoms with Crippen LogP contribution in [-0.4, -0.2) is 43.1 Å². The summed E-state index contributed by atoms with van der Waals surface area (Å²) < 4.78 is 16.4. The molecular formula is C24H36O6. The van der Waals surface area contributed by atoms with Crippen molar-refractivity contribution in [2.24, 2.45) is 11.8 Å². The molecule has 2 rings (SSSR count). The standard InChI is InChI=1S/C24H36O6/c1-16(2)8-7-9-18(26)12-13-20-21-14-19(10-5-6-11-24(27)28-4)30-23(21)15-22(20)29-17(3)25/h8,12-13,19-23H,5-7,9-11,14-15H2,1-4H3/b13-12+/t19-,20-,21-,22-,23+/m1/s1. The van der Waals surface area contributed by atoms with Crippen molar-refractivity contribution in [3.8, 4) is 0 Å². The van der Waals surface area contributed by atoms with Gasteiger partial charge in [0.15, 0.2) is 5.78 Å². The zero-order valence-electron chi connectivity index (χ0n) is 18.7. The van der Waals surface area contributed by atoms with E-state index in [0.717, 1.165) is 32.1 Å². The van der Waals surface area contributed by atoms with E-state index in [2.05, 4.69) is 10.8 Å². The lowest BCUT2D eigenvalue weighted by atomic mass is 9.89. The SMILES string of the molecule is COC(=O)CCCC[C@@H]1C[C@@H]2[C@@H](/C=C/C(=O)CCC=C(C)C)[C@H](OC(C)=O)C[C@@H]2O1. The number of ether oxygens (including phenoxy) is 3. The topological polar surface area (TPSA) is 78.9 Å². The third kappa shape index (κ3) is 7.71. The second-order valence-electron chi connectivity index (χ2n) is 8.62. The summed E-state index contributed by atoms with van der Waals surface area (Å²) in [6.45, 7) is 5.47. The Morgan fingerprint density at radius 1 is 1.07 bits per heavy atom. The van der Waals surface area contributed by atoms with Gasteiger partial charge in [-0.05, 0) is 51.5 Å². The number of unbranched alkanes of at least 4 members (excludes halogenated alkanes) is 1. The molecule has 0 radical (unpaired) electrons. The molecule has 0 N–H and O–H groups in total. The Balaban J connectivity index is 1.90. The normalized spacial score (nSPS) is 27.7. The predicted octanol–water partition coefficient (Wildman–Crippen LogP) is 4.32. The van der Waals surface area contributed by atoms with E-state index in [1.165, 1.54) is 19.6 Å². The molecule has 0 bridgehead atoms. The maximum atomic E-state index is 12.2. The molecule has 1 heterocycles. The first-order valence-corrected chi connectivity index (χ1v) is 11.0. The molecule has 6 nitrogen and oxygen atoms in total. The number of ketones is 1. The minimum absolute atomic E-state index is 0.00590. The lowest BCUT2D eigenvalue weighted by Gasteiger charge is -2.21. The maximum Gasteiger partial charge on any atom is 0.305 e. The highest BCUT2D eigenvalue weighted by Crippen LogP contribution is 2.46. The quantitative estimate of drug-likeness (QED) is 0.214. The van der Waals surface area contributed by atoms with Crippen LogP contribution in [-0.2, 0) is 28.6 Å². The van der Waals surface area contributed by atoms with Crippen molar-refractivity contribution < 1.29 is 28.6 Å². The second kappa shape index (κ2) is 12.0. The van der Waals surface area contributed by atoms with Gasteiger partial charge in [0.05, 0.1) is 19.3 Å². The number of methoxy groups -OCH3 is 1. The number of hydrogen-bond donors (Lipinski definition) is 0. The van der Waals surface area contributed by atoms with Crippen LogP contribution in [0.4, 0.5) is 0 Å². The van der Waals surface area contributed by atoms with Crippen molar-refractivity contribution in [1.29, 1.82) is 0 Å². The largest absolute Gasteiger partial charge is 0.469 e. The predicted molar refractivity (Wildman–Crippen MR) is 114 cm³/mol. The number of carbonyl (C=O) groups excluding carboxylic acids is 3. The smallest absolute Gasteiger partial charge is 0.305 e. The number of esters is 2. The van der Waals surface area contributed by atoms with Crippen LogP contribution in [0.5, 0.6) is 0 Å². The van der Waals surface area contributed by atoms with E-state index in [9.17, 15) is 14.4 Å². The first kappa shape index (κ1) is 24.3. The molecular weight excluding hydrogens is 384 g/mol. The van der Waals surface area contributed by atoms with Crippen LogP contribution in [0.2, 0.25) is 0 Å². The van der Waals surface area contributed by atoms with Crippen molar-refractivity contribution >= 4 is 17.7 Å². The van der Waals surface area contributed by atoms with Gasteiger partial charge < -0.3 is 14.2 Å². The minimum Gasteiger partial charge on any atom is -0.469 e. The number of carbonyl (C=O) groups is 3. The van der Waals surface area contributed by atoms with E-state index in [-0.39, 0.29) is 47.9 Å². The van der Waals surface area contributed by atoms with E-state index in [1.54, 1.807) is 6.08 Å². The molecule has 0 spiro atoms. The van der Waals surface area contributed by atoms with Crippen LogP contribution < -0.4 is 0 Å². The first-order valence-electron chi connectivity index (χ1n) is 11.0. The van der Waals surface area contributed by atoms with Gasteiger partial charge in [-0.2, -0.15) is 0 Å². The number of hydrogen-bond acceptors (Lipinski definition) is 6. The zero-order valence-corrected chi connectivity index (χ0v) is 18.7. The molecule has 0 amide bonds. The van der Waals surface area contributed by atoms with Gasteiger partial charge in [-0.25, -0.2) is 0 Å². The highest BCUT2D eigenvalue weighted by Gasteiger charge is 2.49. The Bertz CT molecular complexity index is 661. The Morgan fingerprint density at radius 3 is 2.50 bits per heavy atom. The second-order valence-corrected chi connectivity index (χ2v) is 8.62. The van der Waals surface area contributed by atoms with E-state index < -0.39 is 0 Å². The monoisotopic (exact) mass is 420 g/mol. The summed E-state index contributed by atoms with van der Waals surface area (Å²) in [7, 11) is 1.41. The molecule has 2 aliphatic rings. The highest BCUT2D eigenvalue weighted by atomic mass is 16.6. The Labute approximate surface area is 180 Å². The highest BCUT2D eigenvalue weighted by molar-refractivity contribution is 5.89. The summed E-state index contributed by atoms with van der Waals surface area (Å²) in [6.07, 6.45) is 11.5. The number of rotatable bonds is 11. The van der Waals surface area contributed by atoms with Gasteiger partial charge in [-0.1, -0.05) is 24.1 Å². The van der Waals surface area contributed by atoms with Crippen molar-refractivity contribution in [2.75, 3.05) is 7.11 Å². The van der Waals surface area contributed by atoms with Gasteiger partial charge in [-0.15, -0.1) is 0 Å². The number of fused-ring (bicyclic) bond motifs is 1. The molecule has 1 saturated carbocycles. The summed E-state index contributed by atoms with van der Waals surface area (Å²) in [5, 5.41) is 0. The average molecular weight is 421 g/mol. The van der Waals surface area contributed by atoms with Gasteiger partial charge in [-0.3, -0.25) is 14.4 Å². The van der Waals surface area contributed by atoms with Crippen LogP contribution in [0.3, 0.4) is 0 Å².